The van der Waals surface area contributed by atoms with Gasteiger partial charge in [-0.1, -0.05) is 0 Å². The average molecular weight is 345 g/mol. The van der Waals surface area contributed by atoms with Crippen molar-refractivity contribution in [2.45, 2.75) is 32.1 Å². The Hall–Kier alpha value is -1.45. The lowest BCUT2D eigenvalue weighted by Crippen LogP contribution is -2.38. The largest absolute Gasteiger partial charge is 0.342 e. The molecule has 0 fully saturated rings. The van der Waals surface area contributed by atoms with Crippen molar-refractivity contribution in [2.24, 2.45) is 0 Å². The van der Waals surface area contributed by atoms with E-state index in [4.69, 9.17) is 0 Å². The molecule has 0 aromatic carbocycles. The molecule has 1 aromatic heterocycles. The van der Waals surface area contributed by atoms with Crippen molar-refractivity contribution in [2.75, 3.05) is 40.3 Å². The minimum absolute atomic E-state index is 0.0568. The SMILES string of the molecule is CC(=O)N(CCCN(C)C)CCNS(=O)(=O)c1c(C)n[nH]c1C. The molecule has 0 bridgehead atoms. The van der Waals surface area contributed by atoms with E-state index in [1.807, 2.05) is 19.0 Å². The Kier molecular flexibility index (Phi) is 7.17. The maximum atomic E-state index is 12.3. The zero-order chi connectivity index (χ0) is 17.6. The van der Waals surface area contributed by atoms with Crippen molar-refractivity contribution in [3.05, 3.63) is 11.4 Å². The van der Waals surface area contributed by atoms with Crippen LogP contribution >= 0.6 is 0 Å². The molecule has 1 heterocycles. The summed E-state index contributed by atoms with van der Waals surface area (Å²) in [6, 6.07) is 0. The summed E-state index contributed by atoms with van der Waals surface area (Å²) in [4.78, 5) is 15.5. The number of amides is 1. The van der Waals surface area contributed by atoms with Gasteiger partial charge in [-0.25, -0.2) is 13.1 Å². The first-order valence-corrected chi connectivity index (χ1v) is 9.05. The van der Waals surface area contributed by atoms with Crippen molar-refractivity contribution < 1.29 is 13.2 Å². The van der Waals surface area contributed by atoms with E-state index in [0.717, 1.165) is 13.0 Å². The highest BCUT2D eigenvalue weighted by atomic mass is 32.2. The molecule has 0 radical (unpaired) electrons. The quantitative estimate of drug-likeness (QED) is 0.662. The molecule has 0 spiro atoms. The smallest absolute Gasteiger partial charge is 0.244 e. The molecule has 1 aromatic rings. The van der Waals surface area contributed by atoms with Gasteiger partial charge in [-0.2, -0.15) is 5.10 Å². The van der Waals surface area contributed by atoms with Gasteiger partial charge in [0.15, 0.2) is 0 Å². The maximum Gasteiger partial charge on any atom is 0.244 e. The normalized spacial score (nSPS) is 11.9. The number of carbonyl (C=O) groups excluding carboxylic acids is 1. The number of carbonyl (C=O) groups is 1. The van der Waals surface area contributed by atoms with Gasteiger partial charge >= 0.3 is 0 Å². The van der Waals surface area contributed by atoms with Crippen molar-refractivity contribution in [3.8, 4) is 0 Å². The fourth-order valence-corrected chi connectivity index (χ4v) is 3.72. The summed E-state index contributed by atoms with van der Waals surface area (Å²) in [5.41, 5.74) is 0.939. The first kappa shape index (κ1) is 19.6. The molecule has 0 aliphatic heterocycles. The van der Waals surface area contributed by atoms with Crippen LogP contribution in [0, 0.1) is 13.8 Å². The molecule has 0 saturated carbocycles. The van der Waals surface area contributed by atoms with Crippen LogP contribution < -0.4 is 4.72 Å². The Morgan fingerprint density at radius 2 is 1.87 bits per heavy atom. The Bertz CT molecular complexity index is 605. The summed E-state index contributed by atoms with van der Waals surface area (Å²) < 4.78 is 27.2. The predicted molar refractivity (Wildman–Crippen MR) is 88.7 cm³/mol. The van der Waals surface area contributed by atoms with Gasteiger partial charge in [0.1, 0.15) is 4.90 Å². The van der Waals surface area contributed by atoms with Crippen molar-refractivity contribution in [1.29, 1.82) is 0 Å². The van der Waals surface area contributed by atoms with Crippen LogP contribution in [-0.2, 0) is 14.8 Å². The Morgan fingerprint density at radius 3 is 2.35 bits per heavy atom. The lowest BCUT2D eigenvalue weighted by atomic mass is 10.3. The fourth-order valence-electron chi connectivity index (χ4n) is 2.33. The van der Waals surface area contributed by atoms with Crippen LogP contribution in [0.4, 0.5) is 0 Å². The topological polar surface area (TPSA) is 98.4 Å². The number of sulfonamides is 1. The minimum atomic E-state index is -3.62. The molecule has 1 amide bonds. The third-order valence-electron chi connectivity index (χ3n) is 3.48. The van der Waals surface area contributed by atoms with Gasteiger partial charge in [0, 0.05) is 26.6 Å². The van der Waals surface area contributed by atoms with E-state index in [1.54, 1.807) is 18.7 Å². The molecule has 2 N–H and O–H groups in total. The highest BCUT2D eigenvalue weighted by Crippen LogP contribution is 2.15. The molecule has 0 saturated heterocycles. The Labute approximate surface area is 138 Å². The third kappa shape index (κ3) is 5.92. The first-order valence-electron chi connectivity index (χ1n) is 7.56. The van der Waals surface area contributed by atoms with Crippen LogP contribution in [-0.4, -0.2) is 74.6 Å². The molecule has 9 heteroatoms. The molecule has 8 nitrogen and oxygen atoms in total. The fraction of sp³-hybridized carbons (Fsp3) is 0.714. The van der Waals surface area contributed by atoms with Crippen LogP contribution in [0.2, 0.25) is 0 Å². The number of aromatic nitrogens is 2. The van der Waals surface area contributed by atoms with Gasteiger partial charge in [-0.15, -0.1) is 0 Å². The van der Waals surface area contributed by atoms with Crippen molar-refractivity contribution >= 4 is 15.9 Å². The molecule has 132 valence electrons. The van der Waals surface area contributed by atoms with Gasteiger partial charge in [0.05, 0.1) is 11.4 Å². The summed E-state index contributed by atoms with van der Waals surface area (Å²) in [6.07, 6.45) is 0.847. The molecule has 23 heavy (non-hydrogen) atoms. The van der Waals surface area contributed by atoms with E-state index < -0.39 is 10.0 Å². The Balaban J connectivity index is 2.57. The van der Waals surface area contributed by atoms with E-state index in [9.17, 15) is 13.2 Å². The van der Waals surface area contributed by atoms with E-state index in [1.165, 1.54) is 6.92 Å². The number of hydrogen-bond acceptors (Lipinski definition) is 5. The summed E-state index contributed by atoms with van der Waals surface area (Å²) in [5.74, 6) is -0.0568. The number of aromatic amines is 1. The molecule has 0 unspecified atom stereocenters. The minimum Gasteiger partial charge on any atom is -0.342 e. The van der Waals surface area contributed by atoms with Crippen LogP contribution in [0.5, 0.6) is 0 Å². The van der Waals surface area contributed by atoms with E-state index in [0.29, 0.717) is 24.5 Å². The lowest BCUT2D eigenvalue weighted by molar-refractivity contribution is -0.128. The second kappa shape index (κ2) is 8.42. The van der Waals surface area contributed by atoms with Crippen LogP contribution in [0.25, 0.3) is 0 Å². The third-order valence-corrected chi connectivity index (χ3v) is 5.20. The highest BCUT2D eigenvalue weighted by Gasteiger charge is 2.22. The monoisotopic (exact) mass is 345 g/mol. The summed E-state index contributed by atoms with van der Waals surface area (Å²) >= 11 is 0. The van der Waals surface area contributed by atoms with Gasteiger partial charge in [-0.05, 0) is 40.9 Å². The molecular weight excluding hydrogens is 318 g/mol. The van der Waals surface area contributed by atoms with Gasteiger partial charge in [0.25, 0.3) is 0 Å². The number of aryl methyl sites for hydroxylation is 2. The zero-order valence-corrected chi connectivity index (χ0v) is 15.3. The van der Waals surface area contributed by atoms with Crippen molar-refractivity contribution in [3.63, 3.8) is 0 Å². The predicted octanol–water partition coefficient (Wildman–Crippen LogP) is 0.105. The second-order valence-electron chi connectivity index (χ2n) is 5.82. The van der Waals surface area contributed by atoms with Crippen LogP contribution in [0.1, 0.15) is 24.7 Å². The lowest BCUT2D eigenvalue weighted by Gasteiger charge is -2.22. The molecule has 0 atom stereocenters. The zero-order valence-electron chi connectivity index (χ0n) is 14.5. The van der Waals surface area contributed by atoms with E-state index >= 15 is 0 Å². The summed E-state index contributed by atoms with van der Waals surface area (Å²) in [6.45, 7) is 6.81. The summed E-state index contributed by atoms with van der Waals surface area (Å²) in [5, 5.41) is 6.56. The second-order valence-corrected chi connectivity index (χ2v) is 7.53. The number of nitrogens with zero attached hydrogens (tertiary/aromatic N) is 3. The van der Waals surface area contributed by atoms with E-state index in [-0.39, 0.29) is 17.3 Å². The van der Waals surface area contributed by atoms with E-state index in [2.05, 4.69) is 14.9 Å². The molecular formula is C14H27N5O3S. The van der Waals surface area contributed by atoms with Gasteiger partial charge in [0.2, 0.25) is 15.9 Å². The number of H-pyrrole nitrogens is 1. The van der Waals surface area contributed by atoms with Crippen LogP contribution in [0.3, 0.4) is 0 Å². The Morgan fingerprint density at radius 1 is 1.22 bits per heavy atom. The highest BCUT2D eigenvalue weighted by molar-refractivity contribution is 7.89. The molecule has 0 aliphatic carbocycles. The standard InChI is InChI=1S/C14H27N5O3S/c1-11-14(12(2)17-16-11)23(21,22)15-7-10-19(13(3)20)9-6-8-18(4)5/h15H,6-10H2,1-5H3,(H,16,17). The first-order chi connectivity index (χ1) is 10.6. The number of nitrogens with one attached hydrogen (secondary N) is 2. The van der Waals surface area contributed by atoms with Gasteiger partial charge in [-0.3, -0.25) is 9.89 Å². The van der Waals surface area contributed by atoms with Gasteiger partial charge < -0.3 is 9.80 Å². The van der Waals surface area contributed by atoms with Crippen LogP contribution in [0.15, 0.2) is 4.90 Å². The summed E-state index contributed by atoms with van der Waals surface area (Å²) in [7, 11) is 0.325. The number of hydrogen-bond donors (Lipinski definition) is 2. The number of rotatable bonds is 9. The maximum absolute atomic E-state index is 12.3. The molecule has 0 aliphatic rings. The van der Waals surface area contributed by atoms with Crippen molar-refractivity contribution in [1.82, 2.24) is 24.7 Å². The molecule has 1 rings (SSSR count). The average Bonchev–Trinajstić information content (AvgIpc) is 2.76.